The van der Waals surface area contributed by atoms with Crippen molar-refractivity contribution in [1.82, 2.24) is 0 Å². The number of hydrogen-bond acceptors (Lipinski definition) is 2. The molecule has 0 saturated carbocycles. The summed E-state index contributed by atoms with van der Waals surface area (Å²) in [6.07, 6.45) is -0.581. The molecule has 0 heterocycles. The number of rotatable bonds is 4. The number of benzene rings is 3. The second-order valence-electron chi connectivity index (χ2n) is 5.59. The molecule has 0 aliphatic rings. The molecule has 0 spiro atoms. The van der Waals surface area contributed by atoms with Crippen molar-refractivity contribution in [2.75, 3.05) is 5.32 Å². The molecule has 0 bridgehead atoms. The van der Waals surface area contributed by atoms with E-state index in [4.69, 9.17) is 4.74 Å². The minimum atomic E-state index is -0.581. The molecule has 0 aromatic heterocycles. The number of ether oxygens (including phenoxy) is 1. The second kappa shape index (κ2) is 6.53. The van der Waals surface area contributed by atoms with E-state index in [2.05, 4.69) is 5.32 Å². The number of aryl methyl sites for hydroxylation is 1. The first-order valence-electron chi connectivity index (χ1n) is 7.65. The van der Waals surface area contributed by atoms with E-state index in [0.717, 1.165) is 27.8 Å². The lowest BCUT2D eigenvalue weighted by Crippen LogP contribution is -2.30. The second-order valence-corrected chi connectivity index (χ2v) is 5.59. The molecule has 0 unspecified atom stereocenters. The van der Waals surface area contributed by atoms with E-state index in [9.17, 15) is 4.79 Å². The van der Waals surface area contributed by atoms with Gasteiger partial charge in [0.05, 0.1) is 0 Å². The van der Waals surface area contributed by atoms with E-state index in [0.29, 0.717) is 0 Å². The zero-order valence-electron chi connectivity index (χ0n) is 13.2. The van der Waals surface area contributed by atoms with Gasteiger partial charge in [0, 0.05) is 11.1 Å². The van der Waals surface area contributed by atoms with Gasteiger partial charge in [-0.15, -0.1) is 0 Å². The minimum absolute atomic E-state index is 0.165. The van der Waals surface area contributed by atoms with E-state index < -0.39 is 6.10 Å². The molecule has 0 fully saturated rings. The van der Waals surface area contributed by atoms with E-state index in [1.54, 1.807) is 6.92 Å². The van der Waals surface area contributed by atoms with E-state index in [1.807, 2.05) is 73.7 Å². The lowest BCUT2D eigenvalue weighted by atomic mass is 10.1. The first kappa shape index (κ1) is 15.1. The fraction of sp³-hybridized carbons (Fsp3) is 0.150. The maximum absolute atomic E-state index is 12.3. The highest BCUT2D eigenvalue weighted by Crippen LogP contribution is 2.26. The molecule has 0 radical (unpaired) electrons. The predicted molar refractivity (Wildman–Crippen MR) is 93.8 cm³/mol. The van der Waals surface area contributed by atoms with Gasteiger partial charge in [-0.2, -0.15) is 0 Å². The van der Waals surface area contributed by atoms with Crippen LogP contribution in [0.15, 0.2) is 66.7 Å². The molecular formula is C20H19NO2. The average Bonchev–Trinajstić information content (AvgIpc) is 2.57. The third-order valence-electron chi connectivity index (χ3n) is 3.74. The Bertz CT molecular complexity index is 819. The van der Waals surface area contributed by atoms with Crippen LogP contribution in [0.1, 0.15) is 12.5 Å². The van der Waals surface area contributed by atoms with Gasteiger partial charge in [-0.05, 0) is 37.4 Å². The highest BCUT2D eigenvalue weighted by Gasteiger charge is 2.16. The molecule has 3 aromatic rings. The van der Waals surface area contributed by atoms with Crippen LogP contribution in [-0.4, -0.2) is 12.0 Å². The summed E-state index contributed by atoms with van der Waals surface area (Å²) >= 11 is 0. The smallest absolute Gasteiger partial charge is 0.265 e. The highest BCUT2D eigenvalue weighted by molar-refractivity contribution is 5.95. The number of anilines is 1. The van der Waals surface area contributed by atoms with Gasteiger partial charge in [0.1, 0.15) is 5.75 Å². The van der Waals surface area contributed by atoms with Gasteiger partial charge in [0.2, 0.25) is 0 Å². The van der Waals surface area contributed by atoms with Crippen LogP contribution in [0.4, 0.5) is 5.69 Å². The van der Waals surface area contributed by atoms with Crippen LogP contribution in [0.3, 0.4) is 0 Å². The van der Waals surface area contributed by atoms with Gasteiger partial charge in [-0.3, -0.25) is 4.79 Å². The summed E-state index contributed by atoms with van der Waals surface area (Å²) < 4.78 is 5.87. The van der Waals surface area contributed by atoms with Crippen LogP contribution in [-0.2, 0) is 4.79 Å². The Hall–Kier alpha value is -2.81. The molecule has 1 N–H and O–H groups in total. The van der Waals surface area contributed by atoms with Crippen LogP contribution < -0.4 is 10.1 Å². The monoisotopic (exact) mass is 305 g/mol. The molecular weight excluding hydrogens is 286 g/mol. The molecule has 3 rings (SSSR count). The fourth-order valence-corrected chi connectivity index (χ4v) is 2.42. The molecule has 0 aliphatic carbocycles. The first-order valence-corrected chi connectivity index (χ1v) is 7.65. The number of nitrogens with one attached hydrogen (secondary N) is 1. The topological polar surface area (TPSA) is 38.3 Å². The Morgan fingerprint density at radius 1 is 0.957 bits per heavy atom. The van der Waals surface area contributed by atoms with Crippen LogP contribution >= 0.6 is 0 Å². The number of carbonyl (C=O) groups excluding carboxylic acids is 1. The van der Waals surface area contributed by atoms with Crippen molar-refractivity contribution >= 4 is 22.4 Å². The van der Waals surface area contributed by atoms with Crippen molar-refractivity contribution in [3.05, 3.63) is 72.3 Å². The SMILES string of the molecule is Cc1ccc(NC(=O)[C@H](C)Oc2cccc3ccccc23)cc1. The maximum Gasteiger partial charge on any atom is 0.265 e. The summed E-state index contributed by atoms with van der Waals surface area (Å²) in [6, 6.07) is 21.5. The summed E-state index contributed by atoms with van der Waals surface area (Å²) in [6.45, 7) is 3.77. The van der Waals surface area contributed by atoms with E-state index >= 15 is 0 Å². The van der Waals surface area contributed by atoms with Crippen LogP contribution in [0, 0.1) is 6.92 Å². The van der Waals surface area contributed by atoms with Gasteiger partial charge in [0.15, 0.2) is 6.10 Å². The summed E-state index contributed by atoms with van der Waals surface area (Å²) in [5.41, 5.74) is 1.93. The molecule has 3 nitrogen and oxygen atoms in total. The van der Waals surface area contributed by atoms with Crippen molar-refractivity contribution in [3.63, 3.8) is 0 Å². The van der Waals surface area contributed by atoms with Crippen LogP contribution in [0.25, 0.3) is 10.8 Å². The molecule has 3 heteroatoms. The van der Waals surface area contributed by atoms with Crippen molar-refractivity contribution in [2.24, 2.45) is 0 Å². The van der Waals surface area contributed by atoms with Crippen LogP contribution in [0.2, 0.25) is 0 Å². The lowest BCUT2D eigenvalue weighted by molar-refractivity contribution is -0.122. The predicted octanol–water partition coefficient (Wildman–Crippen LogP) is 4.55. The minimum Gasteiger partial charge on any atom is -0.480 e. The zero-order chi connectivity index (χ0) is 16.2. The first-order chi connectivity index (χ1) is 11.1. The normalized spacial score (nSPS) is 11.9. The average molecular weight is 305 g/mol. The molecule has 0 aliphatic heterocycles. The van der Waals surface area contributed by atoms with E-state index in [-0.39, 0.29) is 5.91 Å². The Morgan fingerprint density at radius 2 is 1.65 bits per heavy atom. The largest absolute Gasteiger partial charge is 0.480 e. The Balaban J connectivity index is 1.73. The van der Waals surface area contributed by atoms with Gasteiger partial charge >= 0.3 is 0 Å². The standard InChI is InChI=1S/C20H19NO2/c1-14-10-12-17(13-11-14)21-20(22)15(2)23-19-9-5-7-16-6-3-4-8-18(16)19/h3-13,15H,1-2H3,(H,21,22)/t15-/m0/s1. The van der Waals surface area contributed by atoms with Crippen molar-refractivity contribution < 1.29 is 9.53 Å². The lowest BCUT2D eigenvalue weighted by Gasteiger charge is -2.16. The quantitative estimate of drug-likeness (QED) is 0.767. The molecule has 0 saturated heterocycles. The number of carbonyl (C=O) groups is 1. The van der Waals surface area contributed by atoms with Gasteiger partial charge in [-0.1, -0.05) is 54.1 Å². The third-order valence-corrected chi connectivity index (χ3v) is 3.74. The summed E-state index contributed by atoms with van der Waals surface area (Å²) in [7, 11) is 0. The third kappa shape index (κ3) is 3.51. The maximum atomic E-state index is 12.3. The van der Waals surface area contributed by atoms with Gasteiger partial charge in [0.25, 0.3) is 5.91 Å². The Labute approximate surface area is 135 Å². The molecule has 1 atom stereocenters. The van der Waals surface area contributed by atoms with Crippen molar-refractivity contribution in [2.45, 2.75) is 20.0 Å². The number of hydrogen-bond donors (Lipinski definition) is 1. The summed E-state index contributed by atoms with van der Waals surface area (Å²) in [4.78, 5) is 12.3. The summed E-state index contributed by atoms with van der Waals surface area (Å²) in [5, 5.41) is 4.97. The Kier molecular flexibility index (Phi) is 4.29. The van der Waals surface area contributed by atoms with Gasteiger partial charge < -0.3 is 10.1 Å². The fourth-order valence-electron chi connectivity index (χ4n) is 2.42. The van der Waals surface area contributed by atoms with Crippen LogP contribution in [0.5, 0.6) is 5.75 Å². The molecule has 1 amide bonds. The zero-order valence-corrected chi connectivity index (χ0v) is 13.2. The summed E-state index contributed by atoms with van der Waals surface area (Å²) in [5.74, 6) is 0.552. The van der Waals surface area contributed by atoms with Crippen molar-refractivity contribution in [3.8, 4) is 5.75 Å². The molecule has 23 heavy (non-hydrogen) atoms. The Morgan fingerprint density at radius 3 is 2.43 bits per heavy atom. The molecule has 116 valence electrons. The molecule has 3 aromatic carbocycles. The number of fused-ring (bicyclic) bond motifs is 1. The van der Waals surface area contributed by atoms with Crippen molar-refractivity contribution in [1.29, 1.82) is 0 Å². The number of amides is 1. The van der Waals surface area contributed by atoms with E-state index in [1.165, 1.54) is 0 Å². The highest BCUT2D eigenvalue weighted by atomic mass is 16.5. The van der Waals surface area contributed by atoms with Gasteiger partial charge in [-0.25, -0.2) is 0 Å².